The van der Waals surface area contributed by atoms with E-state index in [1.54, 1.807) is 30.5 Å². The fourth-order valence-electron chi connectivity index (χ4n) is 7.64. The smallest absolute Gasteiger partial charge is 0.200 e. The number of aryl methyl sites for hydroxylation is 2. The predicted molar refractivity (Wildman–Crippen MR) is 188 cm³/mol. The van der Waals surface area contributed by atoms with Crippen LogP contribution in [-0.2, 0) is 29.5 Å². The SMILES string of the molecule is COc1cc(CC[C@@H](O)[C@H](C(=O)CCc2cc(O)c(O)c(OCC(C)C)c2)[C@@]2(c3ccnc(N)c3)CCC[C@@H]2Cc2ccc[nH]2)ccc1O. The number of aromatic amines is 1. The van der Waals surface area contributed by atoms with Gasteiger partial charge in [-0.1, -0.05) is 26.3 Å². The number of aromatic nitrogens is 2. The number of nitrogen functional groups attached to an aromatic ring is 1. The number of hydrogen-bond acceptors (Lipinski definition) is 9. The lowest BCUT2D eigenvalue weighted by atomic mass is 9.59. The number of carbonyl (C=O) groups is 1. The summed E-state index contributed by atoms with van der Waals surface area (Å²) >= 11 is 0. The lowest BCUT2D eigenvalue weighted by Gasteiger charge is -2.44. The zero-order valence-electron chi connectivity index (χ0n) is 28.6. The van der Waals surface area contributed by atoms with E-state index in [0.717, 1.165) is 29.7 Å². The summed E-state index contributed by atoms with van der Waals surface area (Å²) in [6.07, 6.45) is 6.82. The number of Topliss-reactive ketones (excluding diaryl/α,β-unsaturated/α-hetero) is 1. The number of ether oxygens (including phenoxy) is 2. The highest BCUT2D eigenvalue weighted by molar-refractivity contribution is 5.84. The van der Waals surface area contributed by atoms with Crippen molar-refractivity contribution in [2.75, 3.05) is 19.5 Å². The van der Waals surface area contributed by atoms with Crippen molar-refractivity contribution in [2.24, 2.45) is 17.8 Å². The Morgan fingerprint density at radius 3 is 2.55 bits per heavy atom. The number of anilines is 1. The Morgan fingerprint density at radius 1 is 1.04 bits per heavy atom. The standard InChI is InChI=1S/C39H49N3O7/c1-24(2)23-49-35-20-26(18-33(46)38(35)47)10-13-32(45)37(31(44)12-9-25-8-11-30(43)34(19-25)48-3)39(28-14-17-42-36(40)22-28)15-4-6-27(39)21-29-7-5-16-41-29/h5,7-8,11,14,16-20,22,24,27,31,37,41,43-44,46-47H,4,6,9-10,12-13,15,21,23H2,1-3H3,(H2,40,42)/t27-,31-,37-,39+/m1/s1. The molecule has 0 radical (unpaired) electrons. The number of nitrogens with two attached hydrogens (primary N) is 1. The first-order valence-electron chi connectivity index (χ1n) is 17.1. The average molecular weight is 672 g/mol. The van der Waals surface area contributed by atoms with Gasteiger partial charge < -0.3 is 40.6 Å². The van der Waals surface area contributed by atoms with E-state index in [0.29, 0.717) is 49.4 Å². The van der Waals surface area contributed by atoms with Crippen LogP contribution < -0.4 is 15.2 Å². The maximum absolute atomic E-state index is 14.8. The van der Waals surface area contributed by atoms with E-state index in [1.165, 1.54) is 13.2 Å². The maximum atomic E-state index is 14.8. The molecule has 0 bridgehead atoms. The van der Waals surface area contributed by atoms with Crippen LogP contribution in [0.3, 0.4) is 0 Å². The fourth-order valence-corrected chi connectivity index (χ4v) is 7.64. The summed E-state index contributed by atoms with van der Waals surface area (Å²) in [5.74, 6) is -0.378. The number of phenolic OH excluding ortho intramolecular Hbond substituents is 3. The van der Waals surface area contributed by atoms with Crippen LogP contribution in [0.2, 0.25) is 0 Å². The van der Waals surface area contributed by atoms with Gasteiger partial charge in [0.05, 0.1) is 25.7 Å². The minimum absolute atomic E-state index is 0.0269. The van der Waals surface area contributed by atoms with Crippen LogP contribution in [0.5, 0.6) is 28.7 Å². The molecule has 0 spiro atoms. The molecular weight excluding hydrogens is 622 g/mol. The molecule has 49 heavy (non-hydrogen) atoms. The van der Waals surface area contributed by atoms with Crippen LogP contribution in [-0.4, -0.2) is 56.0 Å². The number of rotatable bonds is 16. The molecule has 10 nitrogen and oxygen atoms in total. The number of nitrogens with one attached hydrogen (secondary N) is 1. The van der Waals surface area contributed by atoms with Crippen molar-refractivity contribution in [2.45, 2.75) is 76.7 Å². The van der Waals surface area contributed by atoms with Gasteiger partial charge in [0, 0.05) is 29.9 Å². The Hall–Kier alpha value is -4.70. The normalized spacial score (nSPS) is 18.8. The van der Waals surface area contributed by atoms with Crippen molar-refractivity contribution < 1.29 is 34.7 Å². The van der Waals surface area contributed by atoms with Crippen LogP contribution in [0, 0.1) is 17.8 Å². The lowest BCUT2D eigenvalue weighted by molar-refractivity contribution is -0.131. The number of phenols is 3. The average Bonchev–Trinajstić information content (AvgIpc) is 3.75. The molecular formula is C39H49N3O7. The van der Waals surface area contributed by atoms with E-state index in [2.05, 4.69) is 9.97 Å². The number of methoxy groups -OCH3 is 1. The molecule has 2 heterocycles. The number of benzene rings is 2. The van der Waals surface area contributed by atoms with Gasteiger partial charge in [-0.2, -0.15) is 0 Å². The van der Waals surface area contributed by atoms with E-state index >= 15 is 0 Å². The summed E-state index contributed by atoms with van der Waals surface area (Å²) in [6, 6.07) is 16.0. The molecule has 10 heteroatoms. The second-order valence-corrected chi connectivity index (χ2v) is 13.7. The molecule has 2 aromatic carbocycles. The van der Waals surface area contributed by atoms with Gasteiger partial charge in [-0.05, 0) is 116 Å². The minimum Gasteiger partial charge on any atom is -0.504 e. The first kappa shape index (κ1) is 35.6. The molecule has 7 N–H and O–H groups in total. The van der Waals surface area contributed by atoms with Gasteiger partial charge in [-0.25, -0.2) is 4.98 Å². The molecule has 0 amide bonds. The molecule has 262 valence electrons. The van der Waals surface area contributed by atoms with Crippen LogP contribution in [0.1, 0.15) is 68.3 Å². The summed E-state index contributed by atoms with van der Waals surface area (Å²) in [7, 11) is 1.49. The lowest BCUT2D eigenvalue weighted by Crippen LogP contribution is -2.49. The predicted octanol–water partition coefficient (Wildman–Crippen LogP) is 6.24. The number of aliphatic hydroxyl groups excluding tert-OH is 1. The van der Waals surface area contributed by atoms with Gasteiger partial charge in [-0.15, -0.1) is 0 Å². The van der Waals surface area contributed by atoms with Gasteiger partial charge in [0.25, 0.3) is 0 Å². The van der Waals surface area contributed by atoms with Crippen molar-refractivity contribution in [3.63, 3.8) is 0 Å². The minimum atomic E-state index is -1.01. The molecule has 1 aliphatic carbocycles. The highest BCUT2D eigenvalue weighted by Gasteiger charge is 2.54. The third-order valence-electron chi connectivity index (χ3n) is 9.93. The third-order valence-corrected chi connectivity index (χ3v) is 9.93. The van der Waals surface area contributed by atoms with Crippen LogP contribution in [0.25, 0.3) is 0 Å². The number of aromatic hydroxyl groups is 3. The topological polar surface area (TPSA) is 171 Å². The molecule has 0 unspecified atom stereocenters. The van der Waals surface area contributed by atoms with E-state index < -0.39 is 17.4 Å². The Bertz CT molecular complexity index is 1710. The number of carbonyl (C=O) groups excluding carboxylic acids is 1. The van der Waals surface area contributed by atoms with E-state index in [4.69, 9.17) is 15.2 Å². The second-order valence-electron chi connectivity index (χ2n) is 13.7. The van der Waals surface area contributed by atoms with Crippen molar-refractivity contribution in [1.82, 2.24) is 9.97 Å². The monoisotopic (exact) mass is 671 g/mol. The first-order chi connectivity index (χ1) is 23.5. The zero-order chi connectivity index (χ0) is 35.1. The van der Waals surface area contributed by atoms with Gasteiger partial charge >= 0.3 is 0 Å². The maximum Gasteiger partial charge on any atom is 0.200 e. The van der Waals surface area contributed by atoms with Crippen molar-refractivity contribution in [1.29, 1.82) is 0 Å². The van der Waals surface area contributed by atoms with Crippen LogP contribution >= 0.6 is 0 Å². The Morgan fingerprint density at radius 2 is 1.84 bits per heavy atom. The Balaban J connectivity index is 1.51. The summed E-state index contributed by atoms with van der Waals surface area (Å²) in [6.45, 7) is 4.33. The molecule has 2 aromatic heterocycles. The van der Waals surface area contributed by atoms with E-state index in [-0.39, 0.29) is 53.5 Å². The fraction of sp³-hybridized carbons (Fsp3) is 0.436. The van der Waals surface area contributed by atoms with Gasteiger partial charge in [-0.3, -0.25) is 4.79 Å². The first-order valence-corrected chi connectivity index (χ1v) is 17.1. The number of hydrogen-bond donors (Lipinski definition) is 6. The molecule has 1 aliphatic rings. The molecule has 4 aromatic rings. The summed E-state index contributed by atoms with van der Waals surface area (Å²) in [5, 5.41) is 43.2. The molecule has 1 saturated carbocycles. The molecule has 0 saturated heterocycles. The van der Waals surface area contributed by atoms with E-state index in [9.17, 15) is 25.2 Å². The van der Waals surface area contributed by atoms with Gasteiger partial charge in [0.2, 0.25) is 5.75 Å². The molecule has 0 aliphatic heterocycles. The van der Waals surface area contributed by atoms with Gasteiger partial charge in [0.15, 0.2) is 23.0 Å². The third kappa shape index (κ3) is 8.13. The van der Waals surface area contributed by atoms with Crippen LogP contribution in [0.15, 0.2) is 67.0 Å². The number of nitrogens with zero attached hydrogens (tertiary/aromatic N) is 1. The zero-order valence-corrected chi connectivity index (χ0v) is 28.6. The molecule has 4 atom stereocenters. The molecule has 1 fully saturated rings. The Kier molecular flexibility index (Phi) is 11.4. The number of pyridine rings is 1. The number of aliphatic hydroxyl groups is 1. The Labute approximate surface area is 288 Å². The summed E-state index contributed by atoms with van der Waals surface area (Å²) in [4.78, 5) is 22.3. The molecule has 5 rings (SSSR count). The van der Waals surface area contributed by atoms with Crippen LogP contribution in [0.4, 0.5) is 5.82 Å². The van der Waals surface area contributed by atoms with Crippen molar-refractivity contribution >= 4 is 11.6 Å². The summed E-state index contributed by atoms with van der Waals surface area (Å²) < 4.78 is 11.1. The summed E-state index contributed by atoms with van der Waals surface area (Å²) in [5.41, 5.74) is 8.99. The van der Waals surface area contributed by atoms with Crippen molar-refractivity contribution in [3.8, 4) is 28.7 Å². The van der Waals surface area contributed by atoms with E-state index in [1.807, 2.05) is 44.3 Å². The quantitative estimate of drug-likeness (QED) is 0.0754. The largest absolute Gasteiger partial charge is 0.504 e. The van der Waals surface area contributed by atoms with Gasteiger partial charge in [0.1, 0.15) is 11.6 Å². The number of H-pyrrole nitrogens is 1. The van der Waals surface area contributed by atoms with Crippen molar-refractivity contribution in [3.05, 3.63) is 89.4 Å². The highest BCUT2D eigenvalue weighted by Crippen LogP contribution is 2.54. The highest BCUT2D eigenvalue weighted by atomic mass is 16.5. The second kappa shape index (κ2) is 15.7. The number of ketones is 1.